The molecule has 3 heterocycles. The first kappa shape index (κ1) is 22.3. The lowest BCUT2D eigenvalue weighted by Crippen LogP contribution is -2.81. The number of piperazine rings is 1. The number of carbonyl (C=O) groups excluding carboxylic acids is 1. The number of halogens is 4. The van der Waals surface area contributed by atoms with Gasteiger partial charge in [-0.3, -0.25) is 14.9 Å². The van der Waals surface area contributed by atoms with Gasteiger partial charge in [-0.1, -0.05) is 24.3 Å². The smallest absolute Gasteiger partial charge is 0.276 e. The van der Waals surface area contributed by atoms with Crippen LogP contribution in [0.2, 0.25) is 0 Å². The van der Waals surface area contributed by atoms with Crippen molar-refractivity contribution in [1.29, 1.82) is 0 Å². The summed E-state index contributed by atoms with van der Waals surface area (Å²) < 4.78 is 58.0. The molecule has 2 saturated heterocycles. The maximum Gasteiger partial charge on any atom is 0.276 e. The molecule has 0 bridgehead atoms. The highest BCUT2D eigenvalue weighted by Crippen LogP contribution is 3.00. The van der Waals surface area contributed by atoms with Crippen LogP contribution in [0.25, 0.3) is 0 Å². The van der Waals surface area contributed by atoms with E-state index in [-0.39, 0.29) is 17.2 Å². The molecule has 1 saturated carbocycles. The van der Waals surface area contributed by atoms with Crippen LogP contribution in [0, 0.1) is 0 Å². The largest absolute Gasteiger partial charge is 0.375 e. The molecule has 4 aliphatic rings. The molecule has 6 nitrogen and oxygen atoms in total. The number of carbonyl (C=O) groups is 1. The van der Waals surface area contributed by atoms with Crippen molar-refractivity contribution in [3.63, 3.8) is 0 Å². The Kier molecular flexibility index (Phi) is 4.28. The highest BCUT2D eigenvalue weighted by Gasteiger charge is 2.89. The van der Waals surface area contributed by atoms with Crippen LogP contribution in [0.3, 0.4) is 0 Å². The number of allylic oxidation sites excluding steroid dienone is 1. The highest BCUT2D eigenvalue weighted by molar-refractivity contribution is 8.49. The fourth-order valence-electron chi connectivity index (χ4n) is 5.65. The van der Waals surface area contributed by atoms with Crippen molar-refractivity contribution in [2.45, 2.75) is 41.4 Å². The molecule has 33 heavy (non-hydrogen) atoms. The van der Waals surface area contributed by atoms with Gasteiger partial charge in [0, 0.05) is 25.0 Å². The number of rotatable bonds is 6. The number of nitrogens with one attached hydrogen (secondary N) is 2. The summed E-state index contributed by atoms with van der Waals surface area (Å²) in [5, 5.41) is 12.1. The number of amides is 1. The molecule has 0 spiro atoms. The van der Waals surface area contributed by atoms with Crippen LogP contribution in [-0.2, 0) is 4.79 Å². The van der Waals surface area contributed by atoms with Gasteiger partial charge in [0.25, 0.3) is 5.91 Å². The van der Waals surface area contributed by atoms with E-state index >= 15 is 0 Å². The first-order valence-corrected chi connectivity index (χ1v) is 12.9. The Bertz CT molecular complexity index is 1120. The normalized spacial score (nSPS) is 32.7. The van der Waals surface area contributed by atoms with Gasteiger partial charge in [-0.2, -0.15) is 0 Å². The third-order valence-electron chi connectivity index (χ3n) is 7.43. The van der Waals surface area contributed by atoms with Gasteiger partial charge in [0.15, 0.2) is 9.84 Å². The molecular weight excluding hydrogens is 460 g/mol. The van der Waals surface area contributed by atoms with E-state index in [1.54, 1.807) is 23.8 Å². The summed E-state index contributed by atoms with van der Waals surface area (Å²) >= 11 is 0. The Morgan fingerprint density at radius 3 is 2.76 bits per heavy atom. The topological polar surface area (TPSA) is 67.8 Å². The zero-order chi connectivity index (χ0) is 23.8. The van der Waals surface area contributed by atoms with Crippen molar-refractivity contribution in [3.8, 4) is 0 Å². The Hall–Kier alpha value is -2.50. The van der Waals surface area contributed by atoms with Gasteiger partial charge >= 0.3 is 0 Å². The molecule has 0 radical (unpaired) electrons. The van der Waals surface area contributed by atoms with E-state index in [1.165, 1.54) is 6.07 Å². The number of hydrogen-bond acceptors (Lipinski definition) is 5. The fraction of sp³-hybridized carbons (Fsp3) is 0.409. The zero-order valence-electron chi connectivity index (χ0n) is 17.8. The monoisotopic (exact) mass is 486 g/mol. The Morgan fingerprint density at radius 2 is 2.09 bits per heavy atom. The van der Waals surface area contributed by atoms with Gasteiger partial charge < -0.3 is 10.2 Å². The van der Waals surface area contributed by atoms with E-state index in [9.17, 15) is 20.3 Å². The number of hydroxylamine groups is 1. The molecule has 2 unspecified atom stereocenters. The lowest BCUT2D eigenvalue weighted by atomic mass is 9.83. The minimum absolute atomic E-state index is 0.0352. The second-order valence-electron chi connectivity index (χ2n) is 9.35. The average Bonchev–Trinajstić information content (AvgIpc) is 3.06. The van der Waals surface area contributed by atoms with Gasteiger partial charge in [-0.05, 0) is 37.5 Å². The summed E-state index contributed by atoms with van der Waals surface area (Å²) in [6.45, 7) is 4.32. The van der Waals surface area contributed by atoms with Crippen molar-refractivity contribution in [2.24, 2.45) is 0 Å². The lowest BCUT2D eigenvalue weighted by Gasteiger charge is -2.64. The van der Waals surface area contributed by atoms with Crippen molar-refractivity contribution in [1.82, 2.24) is 15.7 Å². The first-order valence-electron chi connectivity index (χ1n) is 10.7. The van der Waals surface area contributed by atoms with Crippen molar-refractivity contribution >= 4 is 21.4 Å². The Morgan fingerprint density at radius 1 is 1.30 bits per heavy atom. The van der Waals surface area contributed by atoms with Crippen LogP contribution in [0.15, 0.2) is 65.7 Å². The van der Waals surface area contributed by atoms with Gasteiger partial charge in [0.1, 0.15) is 0 Å². The molecule has 1 amide bonds. The molecule has 11 heteroatoms. The molecule has 3 atom stereocenters. The maximum absolute atomic E-state index is 14.5. The molecule has 1 aliphatic carbocycles. The second-order valence-corrected chi connectivity index (χ2v) is 12.6. The summed E-state index contributed by atoms with van der Waals surface area (Å²) in [7, 11) is -8.41. The van der Waals surface area contributed by atoms with E-state index in [2.05, 4.69) is 16.8 Å². The highest BCUT2D eigenvalue weighted by atomic mass is 32.5. The van der Waals surface area contributed by atoms with Crippen LogP contribution < -0.4 is 15.7 Å². The molecule has 1 aromatic carbocycles. The molecule has 1 aromatic rings. The van der Waals surface area contributed by atoms with Crippen molar-refractivity contribution in [3.05, 3.63) is 60.8 Å². The number of nitrogens with zero attached hydrogens (tertiary/aromatic N) is 2. The van der Waals surface area contributed by atoms with E-state index in [0.29, 0.717) is 30.4 Å². The molecule has 0 aromatic heterocycles. The molecule has 180 valence electrons. The number of anilines is 1. The summed E-state index contributed by atoms with van der Waals surface area (Å²) in [6, 6.07) is 4.61. The van der Waals surface area contributed by atoms with Gasteiger partial charge in [0.05, 0.1) is 33.5 Å². The standard InChI is InChI=1S/C22H26F4N4O2S/c1-2-10-33(23,24,25,26)18-8-5-7-17(11-18)29-14-22-13-21(22,29)15-30(22)19-9-4-3-6-16(12-27-19)20(31)28-32/h2-3,5-8,11-12,19,27,32H,1,4,9-10,13-15H2,(H,28,31)/t19?,21?,22-/m1/s1. The van der Waals surface area contributed by atoms with Gasteiger partial charge in [0.2, 0.25) is 0 Å². The summed E-state index contributed by atoms with van der Waals surface area (Å²) in [4.78, 5) is 14.8. The van der Waals surface area contributed by atoms with Crippen LogP contribution in [-0.4, -0.2) is 52.1 Å². The summed E-state index contributed by atoms with van der Waals surface area (Å²) in [6.07, 6.45) is 7.99. The van der Waals surface area contributed by atoms with E-state index in [0.717, 1.165) is 31.4 Å². The fourth-order valence-corrected chi connectivity index (χ4v) is 7.08. The maximum atomic E-state index is 14.5. The molecule has 5 rings (SSSR count). The minimum atomic E-state index is -8.41. The Balaban J connectivity index is 1.33. The average molecular weight is 487 g/mol. The van der Waals surface area contributed by atoms with Gasteiger partial charge in [-0.25, -0.2) is 5.48 Å². The summed E-state index contributed by atoms with van der Waals surface area (Å²) in [5.74, 6) is -2.26. The molecule has 3 fully saturated rings. The number of likely N-dealkylation sites (tertiary alicyclic amines) is 1. The van der Waals surface area contributed by atoms with Crippen molar-refractivity contribution in [2.75, 3.05) is 23.7 Å². The molecular formula is C22H26F4N4O2S. The third-order valence-corrected chi connectivity index (χ3v) is 9.63. The van der Waals surface area contributed by atoms with E-state index in [4.69, 9.17) is 5.21 Å². The van der Waals surface area contributed by atoms with E-state index < -0.39 is 26.4 Å². The molecule has 3 aliphatic heterocycles. The van der Waals surface area contributed by atoms with Gasteiger partial charge in [-0.15, -0.1) is 22.1 Å². The van der Waals surface area contributed by atoms with Crippen LogP contribution in [0.4, 0.5) is 21.2 Å². The number of benzene rings is 1. The predicted octanol–water partition coefficient (Wildman–Crippen LogP) is 4.32. The quantitative estimate of drug-likeness (QED) is 0.242. The molecule has 3 N–H and O–H groups in total. The third kappa shape index (κ3) is 3.12. The van der Waals surface area contributed by atoms with Crippen LogP contribution in [0.1, 0.15) is 19.3 Å². The Labute approximate surface area is 189 Å². The zero-order valence-corrected chi connectivity index (χ0v) is 18.6. The first-order chi connectivity index (χ1) is 15.4. The van der Waals surface area contributed by atoms with Crippen LogP contribution in [0.5, 0.6) is 0 Å². The summed E-state index contributed by atoms with van der Waals surface area (Å²) in [5.41, 5.74) is 1.97. The second kappa shape index (κ2) is 6.34. The predicted molar refractivity (Wildman–Crippen MR) is 119 cm³/mol. The lowest BCUT2D eigenvalue weighted by molar-refractivity contribution is -0.125. The SMILES string of the molecule is C=CCS(F)(F)(F)(F)c1cccc(N2C[C@]34CC23CN4C2CCC=CC(C(=O)NO)=CN2)c1. The number of hydrogen-bond donors (Lipinski definition) is 3. The van der Waals surface area contributed by atoms with E-state index in [1.807, 2.05) is 11.0 Å². The minimum Gasteiger partial charge on any atom is -0.375 e. The van der Waals surface area contributed by atoms with Crippen LogP contribution >= 0.6 is 9.84 Å². The van der Waals surface area contributed by atoms with Crippen molar-refractivity contribution < 1.29 is 25.5 Å².